The molecule has 0 aliphatic rings. The van der Waals surface area contributed by atoms with Gasteiger partial charge in [0.25, 0.3) is 0 Å². The topological polar surface area (TPSA) is 37.3 Å². The first kappa shape index (κ1) is 9.64. The maximum Gasteiger partial charge on any atom is 0.133 e. The highest BCUT2D eigenvalue weighted by atomic mass is 19.1. The maximum absolute atomic E-state index is 12.9. The van der Waals surface area contributed by atoms with Gasteiger partial charge in [-0.3, -0.25) is 0 Å². The van der Waals surface area contributed by atoms with E-state index >= 15 is 0 Å². The normalized spacial score (nSPS) is 10.0. The number of halogens is 2. The van der Waals surface area contributed by atoms with Crippen molar-refractivity contribution < 1.29 is 18.7 Å². The Morgan fingerprint density at radius 1 is 1.38 bits per heavy atom. The SMILES string of the molecule is O=CCCc1c(O)cc(F)cc1F. The summed E-state index contributed by atoms with van der Waals surface area (Å²) in [5.41, 5.74) is -0.0199. The van der Waals surface area contributed by atoms with Gasteiger partial charge in [-0.25, -0.2) is 8.78 Å². The lowest BCUT2D eigenvalue weighted by Crippen LogP contribution is -1.93. The Morgan fingerprint density at radius 3 is 2.62 bits per heavy atom. The molecule has 0 aliphatic heterocycles. The smallest absolute Gasteiger partial charge is 0.133 e. The van der Waals surface area contributed by atoms with Crippen molar-refractivity contribution in [3.63, 3.8) is 0 Å². The summed E-state index contributed by atoms with van der Waals surface area (Å²) in [4.78, 5) is 9.99. The van der Waals surface area contributed by atoms with E-state index in [0.29, 0.717) is 12.4 Å². The summed E-state index contributed by atoms with van der Waals surface area (Å²) in [6.45, 7) is 0. The molecule has 0 bridgehead atoms. The largest absolute Gasteiger partial charge is 0.507 e. The number of rotatable bonds is 3. The summed E-state index contributed by atoms with van der Waals surface area (Å²) < 4.78 is 25.4. The fraction of sp³-hybridized carbons (Fsp3) is 0.222. The third-order valence-corrected chi connectivity index (χ3v) is 1.65. The highest BCUT2D eigenvalue weighted by Crippen LogP contribution is 2.22. The molecule has 70 valence electrons. The molecule has 0 heterocycles. The average molecular weight is 186 g/mol. The number of hydrogen-bond donors (Lipinski definition) is 1. The van der Waals surface area contributed by atoms with Crippen molar-refractivity contribution in [1.29, 1.82) is 0 Å². The second-order valence-electron chi connectivity index (χ2n) is 2.59. The van der Waals surface area contributed by atoms with Gasteiger partial charge in [-0.05, 0) is 6.42 Å². The summed E-state index contributed by atoms with van der Waals surface area (Å²) in [6.07, 6.45) is 0.805. The van der Waals surface area contributed by atoms with Crippen LogP contribution in [0.2, 0.25) is 0 Å². The molecular formula is C9H8F2O2. The number of carbonyl (C=O) groups is 1. The van der Waals surface area contributed by atoms with Gasteiger partial charge in [-0.1, -0.05) is 0 Å². The van der Waals surface area contributed by atoms with E-state index in [2.05, 4.69) is 0 Å². The van der Waals surface area contributed by atoms with Gasteiger partial charge in [-0.2, -0.15) is 0 Å². The predicted octanol–water partition coefficient (Wildman–Crippen LogP) is 1.80. The van der Waals surface area contributed by atoms with E-state index < -0.39 is 17.4 Å². The molecule has 0 saturated heterocycles. The molecule has 0 amide bonds. The van der Waals surface area contributed by atoms with Crippen molar-refractivity contribution in [3.05, 3.63) is 29.3 Å². The monoisotopic (exact) mass is 186 g/mol. The summed E-state index contributed by atoms with van der Waals surface area (Å²) in [5.74, 6) is -2.09. The zero-order chi connectivity index (χ0) is 9.84. The van der Waals surface area contributed by atoms with Gasteiger partial charge in [-0.15, -0.1) is 0 Å². The lowest BCUT2D eigenvalue weighted by molar-refractivity contribution is -0.107. The molecule has 4 heteroatoms. The van der Waals surface area contributed by atoms with Gasteiger partial charge < -0.3 is 9.90 Å². The van der Waals surface area contributed by atoms with Gasteiger partial charge in [0.15, 0.2) is 0 Å². The van der Waals surface area contributed by atoms with Crippen LogP contribution >= 0.6 is 0 Å². The van der Waals surface area contributed by atoms with Crippen molar-refractivity contribution >= 4 is 6.29 Å². The van der Waals surface area contributed by atoms with Gasteiger partial charge in [0.2, 0.25) is 0 Å². The van der Waals surface area contributed by atoms with Crippen LogP contribution in [-0.4, -0.2) is 11.4 Å². The van der Waals surface area contributed by atoms with Crippen LogP contribution in [0, 0.1) is 11.6 Å². The number of aldehydes is 1. The summed E-state index contributed by atoms with van der Waals surface area (Å²) in [6, 6.07) is 1.50. The molecule has 2 nitrogen and oxygen atoms in total. The standard InChI is InChI=1S/C9H8F2O2/c10-6-4-8(11)7(2-1-3-12)9(13)5-6/h3-5,13H,1-2H2. The minimum absolute atomic E-state index is 0.0199. The number of benzene rings is 1. The molecule has 0 radical (unpaired) electrons. The van der Waals surface area contributed by atoms with Gasteiger partial charge in [0.1, 0.15) is 23.7 Å². The van der Waals surface area contributed by atoms with E-state index in [1.54, 1.807) is 0 Å². The second kappa shape index (κ2) is 3.98. The Hall–Kier alpha value is -1.45. The highest BCUT2D eigenvalue weighted by molar-refractivity contribution is 5.51. The summed E-state index contributed by atoms with van der Waals surface area (Å²) >= 11 is 0. The third kappa shape index (κ3) is 2.24. The average Bonchev–Trinajstić information content (AvgIpc) is 2.02. The molecule has 1 rings (SSSR count). The predicted molar refractivity (Wildman–Crippen MR) is 42.4 cm³/mol. The summed E-state index contributed by atoms with van der Waals surface area (Å²) in [7, 11) is 0. The number of phenolic OH excluding ortho intramolecular Hbond substituents is 1. The van der Waals surface area contributed by atoms with Gasteiger partial charge in [0.05, 0.1) is 0 Å². The van der Waals surface area contributed by atoms with E-state index in [0.717, 1.165) is 6.07 Å². The lowest BCUT2D eigenvalue weighted by atomic mass is 10.1. The van der Waals surface area contributed by atoms with Crippen LogP contribution in [0.4, 0.5) is 8.78 Å². The number of carbonyl (C=O) groups excluding carboxylic acids is 1. The fourth-order valence-electron chi connectivity index (χ4n) is 1.04. The van der Waals surface area contributed by atoms with Crippen molar-refractivity contribution in [1.82, 2.24) is 0 Å². The minimum atomic E-state index is -0.829. The summed E-state index contributed by atoms with van der Waals surface area (Å²) in [5, 5.41) is 9.10. The quantitative estimate of drug-likeness (QED) is 0.731. The Kier molecular flexibility index (Phi) is 2.95. The van der Waals surface area contributed by atoms with Crippen molar-refractivity contribution in [2.45, 2.75) is 12.8 Å². The Bertz CT molecular complexity index is 300. The van der Waals surface area contributed by atoms with E-state index in [-0.39, 0.29) is 18.4 Å². The first-order valence-corrected chi connectivity index (χ1v) is 3.75. The molecule has 0 saturated carbocycles. The zero-order valence-electron chi connectivity index (χ0n) is 6.76. The molecule has 0 atom stereocenters. The molecule has 0 fully saturated rings. The van der Waals surface area contributed by atoms with Crippen LogP contribution in [0.3, 0.4) is 0 Å². The van der Waals surface area contributed by atoms with E-state index in [1.807, 2.05) is 0 Å². The Balaban J connectivity index is 2.98. The van der Waals surface area contributed by atoms with Gasteiger partial charge in [0, 0.05) is 24.1 Å². The number of hydrogen-bond acceptors (Lipinski definition) is 2. The number of aromatic hydroxyl groups is 1. The van der Waals surface area contributed by atoms with E-state index in [9.17, 15) is 13.6 Å². The molecule has 1 aromatic rings. The molecule has 0 unspecified atom stereocenters. The lowest BCUT2D eigenvalue weighted by Gasteiger charge is -2.03. The molecule has 1 N–H and O–H groups in total. The van der Waals surface area contributed by atoms with Crippen molar-refractivity contribution in [3.8, 4) is 5.75 Å². The first-order valence-electron chi connectivity index (χ1n) is 3.75. The Labute approximate surface area is 73.8 Å². The third-order valence-electron chi connectivity index (χ3n) is 1.65. The molecule has 0 aliphatic carbocycles. The molecular weight excluding hydrogens is 178 g/mol. The molecule has 13 heavy (non-hydrogen) atoms. The highest BCUT2D eigenvalue weighted by Gasteiger charge is 2.09. The van der Waals surface area contributed by atoms with Crippen LogP contribution in [-0.2, 0) is 11.2 Å². The van der Waals surface area contributed by atoms with Crippen molar-refractivity contribution in [2.24, 2.45) is 0 Å². The van der Waals surface area contributed by atoms with E-state index in [1.165, 1.54) is 0 Å². The minimum Gasteiger partial charge on any atom is -0.507 e. The maximum atomic E-state index is 12.9. The molecule has 0 aromatic heterocycles. The van der Waals surface area contributed by atoms with E-state index in [4.69, 9.17) is 5.11 Å². The van der Waals surface area contributed by atoms with Gasteiger partial charge >= 0.3 is 0 Å². The first-order chi connectivity index (χ1) is 6.15. The second-order valence-corrected chi connectivity index (χ2v) is 2.59. The van der Waals surface area contributed by atoms with Crippen LogP contribution in [0.25, 0.3) is 0 Å². The zero-order valence-corrected chi connectivity index (χ0v) is 6.76. The molecule has 1 aromatic carbocycles. The van der Waals surface area contributed by atoms with Crippen molar-refractivity contribution in [2.75, 3.05) is 0 Å². The van der Waals surface area contributed by atoms with Crippen LogP contribution in [0.5, 0.6) is 5.75 Å². The Morgan fingerprint density at radius 2 is 2.08 bits per heavy atom. The fourth-order valence-corrected chi connectivity index (χ4v) is 1.04. The van der Waals surface area contributed by atoms with Crippen LogP contribution in [0.1, 0.15) is 12.0 Å². The van der Waals surface area contributed by atoms with Crippen LogP contribution < -0.4 is 0 Å². The van der Waals surface area contributed by atoms with Crippen LogP contribution in [0.15, 0.2) is 12.1 Å². The number of phenols is 1. The molecule has 0 spiro atoms.